The van der Waals surface area contributed by atoms with E-state index in [1.807, 2.05) is 47.5 Å². The first-order valence-electron chi connectivity index (χ1n) is 13.2. The average molecular weight is 512 g/mol. The van der Waals surface area contributed by atoms with E-state index in [1.54, 1.807) is 6.07 Å². The van der Waals surface area contributed by atoms with E-state index in [1.165, 1.54) is 25.0 Å². The third-order valence-electron chi connectivity index (χ3n) is 7.24. The van der Waals surface area contributed by atoms with E-state index < -0.39 is 5.82 Å². The van der Waals surface area contributed by atoms with Crippen LogP contribution in [-0.2, 0) is 11.2 Å². The van der Waals surface area contributed by atoms with E-state index >= 15 is 0 Å². The van der Waals surface area contributed by atoms with Crippen LogP contribution in [0.5, 0.6) is 0 Å². The number of nitrogens with zero attached hydrogens (tertiary/aromatic N) is 4. The highest BCUT2D eigenvalue weighted by atomic mass is 19.1. The van der Waals surface area contributed by atoms with Crippen molar-refractivity contribution < 1.29 is 13.9 Å². The third kappa shape index (κ3) is 5.17. The molecular weight excluding hydrogens is 481 g/mol. The van der Waals surface area contributed by atoms with Crippen molar-refractivity contribution in [1.82, 2.24) is 9.97 Å². The van der Waals surface area contributed by atoms with Crippen LogP contribution in [0.4, 0.5) is 21.7 Å². The number of anilines is 3. The summed E-state index contributed by atoms with van der Waals surface area (Å²) in [6.45, 7) is 4.51. The molecule has 194 valence electrons. The molecule has 1 amide bonds. The van der Waals surface area contributed by atoms with E-state index in [4.69, 9.17) is 9.72 Å². The number of carbonyl (C=O) groups is 1. The van der Waals surface area contributed by atoms with E-state index in [0.717, 1.165) is 41.1 Å². The Morgan fingerprint density at radius 2 is 1.71 bits per heavy atom. The van der Waals surface area contributed by atoms with Gasteiger partial charge in [0.15, 0.2) is 0 Å². The molecule has 0 spiro atoms. The Bertz CT molecular complexity index is 1460. The molecule has 4 aromatic rings. The Morgan fingerprint density at radius 3 is 2.53 bits per heavy atom. The van der Waals surface area contributed by atoms with Gasteiger partial charge in [0, 0.05) is 61.1 Å². The molecule has 0 unspecified atom stereocenters. The van der Waals surface area contributed by atoms with Crippen molar-refractivity contribution in [2.24, 2.45) is 0 Å². The fourth-order valence-electron chi connectivity index (χ4n) is 5.28. The van der Waals surface area contributed by atoms with Crippen molar-refractivity contribution in [1.29, 1.82) is 0 Å². The average Bonchev–Trinajstić information content (AvgIpc) is 3.50. The maximum Gasteiger partial charge on any atom is 0.255 e. The zero-order chi connectivity index (χ0) is 25.9. The van der Waals surface area contributed by atoms with Crippen molar-refractivity contribution >= 4 is 34.0 Å². The minimum absolute atomic E-state index is 0.287. The predicted molar refractivity (Wildman–Crippen MR) is 148 cm³/mol. The molecule has 0 saturated carbocycles. The maximum atomic E-state index is 14.5. The summed E-state index contributed by atoms with van der Waals surface area (Å²) in [5.41, 5.74) is 3.74. The second-order valence-electron chi connectivity index (χ2n) is 9.79. The first kappa shape index (κ1) is 24.3. The summed E-state index contributed by atoms with van der Waals surface area (Å²) in [7, 11) is 0. The van der Waals surface area contributed by atoms with Crippen molar-refractivity contribution in [2.45, 2.75) is 19.3 Å². The number of benzene rings is 3. The summed E-state index contributed by atoms with van der Waals surface area (Å²) < 4.78 is 19.9. The van der Waals surface area contributed by atoms with Gasteiger partial charge in [-0.1, -0.05) is 30.3 Å². The molecule has 38 heavy (non-hydrogen) atoms. The number of carbonyl (C=O) groups excluding carboxylic acids is 1. The highest BCUT2D eigenvalue weighted by Crippen LogP contribution is 2.29. The minimum atomic E-state index is -0.433. The van der Waals surface area contributed by atoms with Gasteiger partial charge in [0.1, 0.15) is 5.82 Å². The molecule has 3 aromatic carbocycles. The molecule has 0 atom stereocenters. The Morgan fingerprint density at radius 1 is 0.921 bits per heavy atom. The molecule has 2 aliphatic rings. The van der Waals surface area contributed by atoms with Crippen molar-refractivity contribution in [3.63, 3.8) is 0 Å². The summed E-state index contributed by atoms with van der Waals surface area (Å²) in [4.78, 5) is 26.8. The lowest BCUT2D eigenvalue weighted by Gasteiger charge is -2.29. The number of ether oxygens (including phenoxy) is 1. The Kier molecular flexibility index (Phi) is 6.88. The van der Waals surface area contributed by atoms with Crippen LogP contribution < -0.4 is 15.1 Å². The number of amides is 1. The van der Waals surface area contributed by atoms with Gasteiger partial charge in [0.05, 0.1) is 18.9 Å². The standard InChI is InChI=1S/C30H30FN5O2/c31-23-17-22(19-25(20-23)35-13-15-38-16-14-35)29(37)34-28-8-7-21(26-5-1-2-6-27(26)28)18-24-9-10-32-30(33-24)36-11-3-4-12-36/h1-2,5-10,17,19-20H,3-4,11-16,18H2,(H,34,37). The predicted octanol–water partition coefficient (Wildman–Crippen LogP) is 5.05. The van der Waals surface area contributed by atoms with Crippen LogP contribution in [0.1, 0.15) is 34.5 Å². The van der Waals surface area contributed by atoms with Gasteiger partial charge in [0.25, 0.3) is 5.91 Å². The topological polar surface area (TPSA) is 70.6 Å². The molecule has 6 rings (SSSR count). The lowest BCUT2D eigenvalue weighted by molar-refractivity contribution is 0.102. The number of halogens is 1. The number of fused-ring (bicyclic) bond motifs is 1. The second-order valence-corrected chi connectivity index (χ2v) is 9.79. The van der Waals surface area contributed by atoms with E-state index in [0.29, 0.717) is 44.1 Å². The van der Waals surface area contributed by atoms with E-state index in [-0.39, 0.29) is 11.5 Å². The second kappa shape index (κ2) is 10.8. The fraction of sp³-hybridized carbons (Fsp3) is 0.300. The van der Waals surface area contributed by atoms with Crippen LogP contribution >= 0.6 is 0 Å². The molecule has 0 bridgehead atoms. The van der Waals surface area contributed by atoms with Crippen molar-refractivity contribution in [3.05, 3.63) is 89.5 Å². The molecule has 0 aliphatic carbocycles. The quantitative estimate of drug-likeness (QED) is 0.391. The summed E-state index contributed by atoms with van der Waals surface area (Å²) in [6.07, 6.45) is 4.84. The summed E-state index contributed by atoms with van der Waals surface area (Å²) >= 11 is 0. The van der Waals surface area contributed by atoms with Crippen molar-refractivity contribution in [2.75, 3.05) is 54.5 Å². The zero-order valence-corrected chi connectivity index (χ0v) is 21.2. The normalized spacial score (nSPS) is 15.7. The molecule has 8 heteroatoms. The maximum absolute atomic E-state index is 14.5. The third-order valence-corrected chi connectivity index (χ3v) is 7.24. The fourth-order valence-corrected chi connectivity index (χ4v) is 5.28. The van der Waals surface area contributed by atoms with Crippen LogP contribution in [0.25, 0.3) is 10.8 Å². The number of rotatable bonds is 6. The van der Waals surface area contributed by atoms with Crippen LogP contribution in [0.15, 0.2) is 66.9 Å². The molecule has 7 nitrogen and oxygen atoms in total. The van der Waals surface area contributed by atoms with Crippen LogP contribution in [0.3, 0.4) is 0 Å². The zero-order valence-electron chi connectivity index (χ0n) is 21.2. The van der Waals surface area contributed by atoms with E-state index in [9.17, 15) is 9.18 Å². The number of hydrogen-bond donors (Lipinski definition) is 1. The molecule has 2 fully saturated rings. The Labute approximate surface area is 221 Å². The van der Waals surface area contributed by atoms with Crippen molar-refractivity contribution in [3.8, 4) is 0 Å². The highest BCUT2D eigenvalue weighted by molar-refractivity contribution is 6.10. The lowest BCUT2D eigenvalue weighted by atomic mass is 9.99. The number of morpholine rings is 1. The Balaban J connectivity index is 1.25. The highest BCUT2D eigenvalue weighted by Gasteiger charge is 2.18. The first-order valence-corrected chi connectivity index (χ1v) is 13.2. The summed E-state index contributed by atoms with van der Waals surface area (Å²) in [5.74, 6) is 0.0141. The molecule has 1 N–H and O–H groups in total. The molecule has 3 heterocycles. The number of aromatic nitrogens is 2. The monoisotopic (exact) mass is 511 g/mol. The molecule has 2 saturated heterocycles. The first-order chi connectivity index (χ1) is 18.6. The van der Waals surface area contributed by atoms with Crippen LogP contribution in [0.2, 0.25) is 0 Å². The smallest absolute Gasteiger partial charge is 0.255 e. The molecule has 1 aromatic heterocycles. The number of nitrogens with one attached hydrogen (secondary N) is 1. The number of hydrogen-bond acceptors (Lipinski definition) is 6. The van der Waals surface area contributed by atoms with Gasteiger partial charge >= 0.3 is 0 Å². The van der Waals surface area contributed by atoms with Crippen LogP contribution in [0, 0.1) is 5.82 Å². The van der Waals surface area contributed by atoms with E-state index in [2.05, 4.69) is 21.3 Å². The lowest BCUT2D eigenvalue weighted by Crippen LogP contribution is -2.36. The molecule has 2 aliphatic heterocycles. The van der Waals surface area contributed by atoms with Gasteiger partial charge in [-0.15, -0.1) is 0 Å². The Hall–Kier alpha value is -4.04. The van der Waals surface area contributed by atoms with Gasteiger partial charge in [-0.25, -0.2) is 14.4 Å². The molecule has 0 radical (unpaired) electrons. The van der Waals surface area contributed by atoms with Crippen LogP contribution in [-0.4, -0.2) is 55.3 Å². The SMILES string of the molecule is O=C(Nc1ccc(Cc2ccnc(N3CCCC3)n2)c2ccccc12)c1cc(F)cc(N2CCOCC2)c1. The van der Waals surface area contributed by atoms with Gasteiger partial charge < -0.3 is 19.9 Å². The summed E-state index contributed by atoms with van der Waals surface area (Å²) in [5, 5.41) is 4.98. The van der Waals surface area contributed by atoms with Gasteiger partial charge in [-0.05, 0) is 54.1 Å². The van der Waals surface area contributed by atoms with Gasteiger partial charge in [0.2, 0.25) is 5.95 Å². The minimum Gasteiger partial charge on any atom is -0.378 e. The largest absolute Gasteiger partial charge is 0.378 e. The van der Waals surface area contributed by atoms with Gasteiger partial charge in [-0.3, -0.25) is 4.79 Å². The summed E-state index contributed by atoms with van der Waals surface area (Å²) in [6, 6.07) is 18.4. The molecular formula is C30H30FN5O2. The van der Waals surface area contributed by atoms with Gasteiger partial charge in [-0.2, -0.15) is 0 Å².